The molecule has 2 aromatic rings. The molecule has 6 nitrogen and oxygen atoms in total. The first-order chi connectivity index (χ1) is 12.1. The number of fused-ring (bicyclic) bond motifs is 1. The van der Waals surface area contributed by atoms with Crippen LogP contribution in [-0.4, -0.2) is 38.8 Å². The smallest absolute Gasteiger partial charge is 0.305 e. The minimum absolute atomic E-state index is 0.218. The molecular formula is C19H21NO5. The predicted molar refractivity (Wildman–Crippen MR) is 95.1 cm³/mol. The summed E-state index contributed by atoms with van der Waals surface area (Å²) < 4.78 is 9.80. The second kappa shape index (κ2) is 8.82. The number of nitrogens with zero attached hydrogens (tertiary/aromatic N) is 1. The van der Waals surface area contributed by atoms with E-state index in [2.05, 4.69) is 9.89 Å². The molecule has 0 fully saturated rings. The van der Waals surface area contributed by atoms with Crippen LogP contribution in [0.5, 0.6) is 5.75 Å². The molecule has 2 aromatic carbocycles. The van der Waals surface area contributed by atoms with Gasteiger partial charge in [0.05, 0.1) is 14.2 Å². The quantitative estimate of drug-likeness (QED) is 0.318. The molecule has 0 unspecified atom stereocenters. The van der Waals surface area contributed by atoms with Crippen molar-refractivity contribution in [1.29, 1.82) is 0 Å². The lowest BCUT2D eigenvalue weighted by molar-refractivity contribution is -0.140. The van der Waals surface area contributed by atoms with Gasteiger partial charge in [-0.25, -0.2) is 0 Å². The third kappa shape index (κ3) is 4.79. The number of rotatable bonds is 8. The SMILES string of the molecule is CO/N=C(/CCCC(=O)OC)C(=O)c1ccc2cc(OC)ccc2c1. The van der Waals surface area contributed by atoms with Crippen LogP contribution in [0.15, 0.2) is 41.6 Å². The number of Topliss-reactive ketones (excluding diaryl/α,β-unsaturated/α-hetero) is 1. The number of methoxy groups -OCH3 is 2. The van der Waals surface area contributed by atoms with Crippen LogP contribution in [0.1, 0.15) is 29.6 Å². The second-order valence-electron chi connectivity index (χ2n) is 5.41. The second-order valence-corrected chi connectivity index (χ2v) is 5.41. The van der Waals surface area contributed by atoms with Gasteiger partial charge >= 0.3 is 5.97 Å². The number of carbonyl (C=O) groups excluding carboxylic acids is 2. The Balaban J connectivity index is 2.19. The number of hydrogen-bond acceptors (Lipinski definition) is 6. The maximum Gasteiger partial charge on any atom is 0.305 e. The Morgan fingerprint density at radius 2 is 1.68 bits per heavy atom. The van der Waals surface area contributed by atoms with E-state index in [1.165, 1.54) is 14.2 Å². The fourth-order valence-electron chi connectivity index (χ4n) is 2.47. The van der Waals surface area contributed by atoms with Crippen molar-refractivity contribution in [2.24, 2.45) is 5.16 Å². The van der Waals surface area contributed by atoms with Crippen LogP contribution in [0.2, 0.25) is 0 Å². The zero-order valence-corrected chi connectivity index (χ0v) is 14.6. The molecule has 0 N–H and O–H groups in total. The fourth-order valence-corrected chi connectivity index (χ4v) is 2.47. The van der Waals surface area contributed by atoms with Gasteiger partial charge in [0.1, 0.15) is 18.6 Å². The molecule has 0 aromatic heterocycles. The van der Waals surface area contributed by atoms with Gasteiger partial charge in [-0.2, -0.15) is 0 Å². The van der Waals surface area contributed by atoms with Crippen LogP contribution >= 0.6 is 0 Å². The summed E-state index contributed by atoms with van der Waals surface area (Å²) in [6, 6.07) is 11.1. The molecule has 25 heavy (non-hydrogen) atoms. The van der Waals surface area contributed by atoms with Gasteiger partial charge in [-0.15, -0.1) is 0 Å². The van der Waals surface area contributed by atoms with Gasteiger partial charge in [0.25, 0.3) is 0 Å². The molecule has 0 amide bonds. The van der Waals surface area contributed by atoms with Crippen molar-refractivity contribution >= 4 is 28.2 Å². The first kappa shape index (κ1) is 18.4. The van der Waals surface area contributed by atoms with Crippen LogP contribution < -0.4 is 4.74 Å². The highest BCUT2D eigenvalue weighted by atomic mass is 16.6. The van der Waals surface area contributed by atoms with E-state index in [-0.39, 0.29) is 23.9 Å². The number of ketones is 1. The highest BCUT2D eigenvalue weighted by Crippen LogP contribution is 2.22. The average molecular weight is 343 g/mol. The number of oxime groups is 1. The molecule has 0 spiro atoms. The fraction of sp³-hybridized carbons (Fsp3) is 0.316. The lowest BCUT2D eigenvalue weighted by Gasteiger charge is -2.07. The number of benzene rings is 2. The molecule has 2 rings (SSSR count). The van der Waals surface area contributed by atoms with E-state index < -0.39 is 0 Å². The van der Waals surface area contributed by atoms with E-state index >= 15 is 0 Å². The maximum absolute atomic E-state index is 12.7. The molecule has 0 bridgehead atoms. The normalized spacial score (nSPS) is 11.2. The summed E-state index contributed by atoms with van der Waals surface area (Å²) in [6.07, 6.45) is 1.03. The van der Waals surface area contributed by atoms with Gasteiger partial charge in [-0.1, -0.05) is 23.4 Å². The third-order valence-corrected chi connectivity index (χ3v) is 3.80. The molecule has 0 saturated carbocycles. The first-order valence-electron chi connectivity index (χ1n) is 7.88. The Bertz CT molecular complexity index is 798. The Kier molecular flexibility index (Phi) is 6.51. The summed E-state index contributed by atoms with van der Waals surface area (Å²) in [5, 5.41) is 5.73. The zero-order valence-electron chi connectivity index (χ0n) is 14.6. The highest BCUT2D eigenvalue weighted by molar-refractivity contribution is 6.46. The van der Waals surface area contributed by atoms with Crippen molar-refractivity contribution < 1.29 is 23.9 Å². The Hall–Kier alpha value is -2.89. The summed E-state index contributed by atoms with van der Waals surface area (Å²) in [5.74, 6) is 0.226. The van der Waals surface area contributed by atoms with Gasteiger partial charge in [0.2, 0.25) is 5.78 Å². The van der Waals surface area contributed by atoms with Gasteiger partial charge < -0.3 is 14.3 Å². The molecule has 0 atom stereocenters. The summed E-state index contributed by atoms with van der Waals surface area (Å²) in [6.45, 7) is 0. The summed E-state index contributed by atoms with van der Waals surface area (Å²) in [5.41, 5.74) is 0.797. The minimum Gasteiger partial charge on any atom is -0.497 e. The van der Waals surface area contributed by atoms with Crippen molar-refractivity contribution in [3.63, 3.8) is 0 Å². The van der Waals surface area contributed by atoms with Crippen LogP contribution in [0.3, 0.4) is 0 Å². The average Bonchev–Trinajstić information content (AvgIpc) is 2.65. The molecule has 0 aliphatic rings. The first-order valence-corrected chi connectivity index (χ1v) is 7.88. The van der Waals surface area contributed by atoms with Gasteiger partial charge in [0.15, 0.2) is 0 Å². The molecule has 0 heterocycles. The molecule has 0 aliphatic heterocycles. The minimum atomic E-state index is -0.316. The van der Waals surface area contributed by atoms with E-state index in [0.717, 1.165) is 16.5 Å². The molecule has 6 heteroatoms. The highest BCUT2D eigenvalue weighted by Gasteiger charge is 2.16. The van der Waals surface area contributed by atoms with Crippen LogP contribution in [0.25, 0.3) is 10.8 Å². The van der Waals surface area contributed by atoms with E-state index in [1.54, 1.807) is 13.2 Å². The van der Waals surface area contributed by atoms with E-state index in [0.29, 0.717) is 18.4 Å². The van der Waals surface area contributed by atoms with Gasteiger partial charge in [-0.3, -0.25) is 9.59 Å². The van der Waals surface area contributed by atoms with E-state index in [1.807, 2.05) is 30.3 Å². The van der Waals surface area contributed by atoms with Crippen molar-refractivity contribution in [3.8, 4) is 5.75 Å². The Morgan fingerprint density at radius 3 is 2.36 bits per heavy atom. The predicted octanol–water partition coefficient (Wildman–Crippen LogP) is 3.38. The van der Waals surface area contributed by atoms with Crippen molar-refractivity contribution in [2.45, 2.75) is 19.3 Å². The van der Waals surface area contributed by atoms with Crippen LogP contribution in [0, 0.1) is 0 Å². The Morgan fingerprint density at radius 1 is 0.960 bits per heavy atom. The number of carbonyl (C=O) groups is 2. The van der Waals surface area contributed by atoms with Gasteiger partial charge in [-0.05, 0) is 41.8 Å². The largest absolute Gasteiger partial charge is 0.497 e. The number of esters is 1. The van der Waals surface area contributed by atoms with E-state index in [4.69, 9.17) is 9.57 Å². The molecule has 0 aliphatic carbocycles. The topological polar surface area (TPSA) is 74.2 Å². The summed E-state index contributed by atoms with van der Waals surface area (Å²) in [7, 11) is 4.34. The van der Waals surface area contributed by atoms with Crippen molar-refractivity contribution in [3.05, 3.63) is 42.0 Å². The molecule has 0 radical (unpaired) electrons. The molecule has 0 saturated heterocycles. The van der Waals surface area contributed by atoms with Crippen molar-refractivity contribution in [2.75, 3.05) is 21.3 Å². The van der Waals surface area contributed by atoms with Gasteiger partial charge in [0, 0.05) is 12.0 Å². The van der Waals surface area contributed by atoms with Crippen LogP contribution in [-0.2, 0) is 14.4 Å². The maximum atomic E-state index is 12.7. The number of hydrogen-bond donors (Lipinski definition) is 0. The zero-order chi connectivity index (χ0) is 18.2. The van der Waals surface area contributed by atoms with E-state index in [9.17, 15) is 9.59 Å². The monoisotopic (exact) mass is 343 g/mol. The summed E-state index contributed by atoms with van der Waals surface area (Å²) >= 11 is 0. The Labute approximate surface area is 146 Å². The van der Waals surface area contributed by atoms with Crippen LogP contribution in [0.4, 0.5) is 0 Å². The standard InChI is InChI=1S/C19H21NO5/c1-23-16-10-9-13-11-15(8-7-14(13)12-16)19(22)17(20-25-3)5-4-6-18(21)24-2/h7-12H,4-6H2,1-3H3/b20-17-. The third-order valence-electron chi connectivity index (χ3n) is 3.80. The van der Waals surface area contributed by atoms with Crippen molar-refractivity contribution in [1.82, 2.24) is 0 Å². The molecule has 132 valence electrons. The molecular weight excluding hydrogens is 322 g/mol. The lowest BCUT2D eigenvalue weighted by Crippen LogP contribution is -2.15. The number of ether oxygens (including phenoxy) is 2. The lowest BCUT2D eigenvalue weighted by atomic mass is 9.99. The summed E-state index contributed by atoms with van der Waals surface area (Å²) in [4.78, 5) is 28.7.